The minimum Gasteiger partial charge on any atom is -0.342 e. The van der Waals surface area contributed by atoms with Crippen LogP contribution in [0, 0.1) is 11.8 Å². The molecule has 0 spiro atoms. The molecule has 0 radical (unpaired) electrons. The van der Waals surface area contributed by atoms with Crippen LogP contribution in [-0.4, -0.2) is 48.3 Å². The van der Waals surface area contributed by atoms with E-state index in [9.17, 15) is 22.8 Å². The van der Waals surface area contributed by atoms with Crippen LogP contribution in [0.3, 0.4) is 0 Å². The van der Waals surface area contributed by atoms with Gasteiger partial charge in [-0.05, 0) is 24.7 Å². The third-order valence-corrected chi connectivity index (χ3v) is 3.77. The number of nitrogens with zero attached hydrogens (tertiary/aromatic N) is 1. The van der Waals surface area contributed by atoms with Crippen LogP contribution in [0.1, 0.15) is 26.7 Å². The molecule has 2 atom stereocenters. The molecule has 1 heterocycles. The Kier molecular flexibility index (Phi) is 4.46. The highest BCUT2D eigenvalue weighted by Gasteiger charge is 2.47. The van der Waals surface area contributed by atoms with Gasteiger partial charge in [0.1, 0.15) is 12.1 Å². The Morgan fingerprint density at radius 2 is 1.95 bits per heavy atom. The molecule has 120 valence electrons. The average molecular weight is 308 g/mol. The Morgan fingerprint density at radius 3 is 2.43 bits per heavy atom. The second-order valence-corrected chi connectivity index (χ2v) is 5.84. The lowest BCUT2D eigenvalue weighted by atomic mass is 9.95. The first-order valence-corrected chi connectivity index (χ1v) is 7.02. The van der Waals surface area contributed by atoms with Crippen molar-refractivity contribution in [1.82, 2.24) is 10.2 Å². The van der Waals surface area contributed by atoms with Gasteiger partial charge in [-0.1, -0.05) is 13.8 Å². The molecule has 1 saturated heterocycles. The number of carbonyl (C=O) groups excluding carboxylic acids is 2. The van der Waals surface area contributed by atoms with Gasteiger partial charge < -0.3 is 10.2 Å². The molecule has 1 aliphatic carbocycles. The van der Waals surface area contributed by atoms with Crippen molar-refractivity contribution in [3.63, 3.8) is 0 Å². The summed E-state index contributed by atoms with van der Waals surface area (Å²) in [5.74, 6) is -0.671. The summed E-state index contributed by atoms with van der Waals surface area (Å²) >= 11 is 0. The van der Waals surface area contributed by atoms with Crippen molar-refractivity contribution >= 4 is 11.8 Å². The Labute approximate surface area is 120 Å². The molecule has 5 nitrogen and oxygen atoms in total. The number of halogens is 3. The van der Waals surface area contributed by atoms with Gasteiger partial charge in [-0.3, -0.25) is 14.3 Å². The van der Waals surface area contributed by atoms with Crippen LogP contribution in [0.5, 0.6) is 0 Å². The molecule has 1 N–H and O–H groups in total. The van der Waals surface area contributed by atoms with Gasteiger partial charge in [0.05, 0.1) is 6.61 Å². The van der Waals surface area contributed by atoms with Crippen LogP contribution in [0.2, 0.25) is 0 Å². The van der Waals surface area contributed by atoms with E-state index < -0.39 is 25.1 Å². The first-order valence-electron chi connectivity index (χ1n) is 7.02. The number of ether oxygens (including phenoxy) is 1. The Bertz CT molecular complexity index is 421. The molecule has 21 heavy (non-hydrogen) atoms. The van der Waals surface area contributed by atoms with E-state index in [1.54, 1.807) is 13.8 Å². The molecule has 8 heteroatoms. The van der Waals surface area contributed by atoms with Crippen molar-refractivity contribution in [1.29, 1.82) is 0 Å². The van der Waals surface area contributed by atoms with Crippen LogP contribution in [0.4, 0.5) is 13.2 Å². The van der Waals surface area contributed by atoms with E-state index >= 15 is 0 Å². The summed E-state index contributed by atoms with van der Waals surface area (Å²) in [5, 5.41) is 2.70. The largest absolute Gasteiger partial charge is 0.522 e. The van der Waals surface area contributed by atoms with Crippen LogP contribution in [0.15, 0.2) is 0 Å². The summed E-state index contributed by atoms with van der Waals surface area (Å²) in [6.07, 6.45) is -3.02. The number of alkyl halides is 3. The lowest BCUT2D eigenvalue weighted by Gasteiger charge is -2.41. The number of nitrogens with one attached hydrogen (secondary N) is 1. The fourth-order valence-corrected chi connectivity index (χ4v) is 2.68. The minimum atomic E-state index is -4.73. The van der Waals surface area contributed by atoms with E-state index in [-0.39, 0.29) is 30.2 Å². The van der Waals surface area contributed by atoms with Crippen LogP contribution in [-0.2, 0) is 14.3 Å². The second-order valence-electron chi connectivity index (χ2n) is 5.84. The van der Waals surface area contributed by atoms with E-state index in [0.29, 0.717) is 0 Å². The summed E-state index contributed by atoms with van der Waals surface area (Å²) in [6.45, 7) is 2.61. The molecule has 0 aromatic rings. The monoisotopic (exact) mass is 308 g/mol. The molecule has 1 saturated carbocycles. The Hall–Kier alpha value is -1.31. The second kappa shape index (κ2) is 5.82. The minimum absolute atomic E-state index is 0.112. The first-order chi connectivity index (χ1) is 9.70. The smallest absolute Gasteiger partial charge is 0.342 e. The van der Waals surface area contributed by atoms with Crippen molar-refractivity contribution < 1.29 is 27.5 Å². The first kappa shape index (κ1) is 16.1. The molecule has 1 aliphatic heterocycles. The SMILES string of the molecule is CC(C)C1C(=O)NC(C2CC2)C(=O)N1CCOC(F)(F)F. The molecule has 0 aromatic carbocycles. The molecule has 0 bridgehead atoms. The number of amides is 2. The lowest BCUT2D eigenvalue weighted by molar-refractivity contribution is -0.325. The van der Waals surface area contributed by atoms with Gasteiger partial charge in [0.2, 0.25) is 11.8 Å². The van der Waals surface area contributed by atoms with Gasteiger partial charge >= 0.3 is 6.36 Å². The summed E-state index contributed by atoms with van der Waals surface area (Å²) in [4.78, 5) is 25.8. The van der Waals surface area contributed by atoms with Gasteiger partial charge in [-0.25, -0.2) is 0 Å². The number of rotatable bonds is 5. The molecule has 2 fully saturated rings. The van der Waals surface area contributed by atoms with Crippen molar-refractivity contribution in [2.45, 2.75) is 45.1 Å². The number of piperazine rings is 1. The standard InChI is InChI=1S/C13H19F3N2O3/c1-7(2)10-11(19)17-9(8-3-4-8)12(20)18(10)5-6-21-13(14,15)16/h7-10H,3-6H2,1-2H3,(H,17,19). The maximum Gasteiger partial charge on any atom is 0.522 e. The summed E-state index contributed by atoms with van der Waals surface area (Å²) < 4.78 is 39.9. The predicted octanol–water partition coefficient (Wildman–Crippen LogP) is 1.28. The molecular weight excluding hydrogens is 289 g/mol. The Morgan fingerprint density at radius 1 is 1.33 bits per heavy atom. The highest BCUT2D eigenvalue weighted by atomic mass is 19.4. The third-order valence-electron chi connectivity index (χ3n) is 3.77. The predicted molar refractivity (Wildman–Crippen MR) is 67.0 cm³/mol. The molecular formula is C13H19F3N2O3. The van der Waals surface area contributed by atoms with Crippen molar-refractivity contribution in [3.8, 4) is 0 Å². The molecule has 2 amide bonds. The summed E-state index contributed by atoms with van der Waals surface area (Å²) in [7, 11) is 0. The van der Waals surface area contributed by atoms with E-state index in [4.69, 9.17) is 0 Å². The third kappa shape index (κ3) is 3.87. The zero-order chi connectivity index (χ0) is 15.8. The quantitative estimate of drug-likeness (QED) is 0.832. The summed E-state index contributed by atoms with van der Waals surface area (Å²) in [6, 6.07) is -1.34. The van der Waals surface area contributed by atoms with Crippen molar-refractivity contribution in [2.75, 3.05) is 13.2 Å². The van der Waals surface area contributed by atoms with E-state index in [1.165, 1.54) is 4.90 Å². The van der Waals surface area contributed by atoms with Crippen LogP contribution < -0.4 is 5.32 Å². The van der Waals surface area contributed by atoms with E-state index in [1.807, 2.05) is 0 Å². The van der Waals surface area contributed by atoms with Gasteiger partial charge in [-0.15, -0.1) is 13.2 Å². The number of hydrogen-bond donors (Lipinski definition) is 1. The average Bonchev–Trinajstić information content (AvgIpc) is 3.15. The highest BCUT2D eigenvalue weighted by Crippen LogP contribution is 2.35. The van der Waals surface area contributed by atoms with Gasteiger partial charge in [0.25, 0.3) is 0 Å². The zero-order valence-corrected chi connectivity index (χ0v) is 11.9. The number of carbonyl (C=O) groups is 2. The maximum atomic E-state index is 12.4. The molecule has 2 unspecified atom stereocenters. The van der Waals surface area contributed by atoms with Crippen LogP contribution >= 0.6 is 0 Å². The Balaban J connectivity index is 2.06. The van der Waals surface area contributed by atoms with Crippen LogP contribution in [0.25, 0.3) is 0 Å². The molecule has 0 aromatic heterocycles. The van der Waals surface area contributed by atoms with Gasteiger partial charge in [0, 0.05) is 6.54 Å². The van der Waals surface area contributed by atoms with Crippen molar-refractivity contribution in [3.05, 3.63) is 0 Å². The highest BCUT2D eigenvalue weighted by molar-refractivity contribution is 5.97. The topological polar surface area (TPSA) is 58.6 Å². The molecule has 2 rings (SSSR count). The van der Waals surface area contributed by atoms with Crippen molar-refractivity contribution in [2.24, 2.45) is 11.8 Å². The van der Waals surface area contributed by atoms with Gasteiger partial charge in [-0.2, -0.15) is 0 Å². The zero-order valence-electron chi connectivity index (χ0n) is 11.9. The fourth-order valence-electron chi connectivity index (χ4n) is 2.68. The summed E-state index contributed by atoms with van der Waals surface area (Å²) in [5.41, 5.74) is 0. The fraction of sp³-hybridized carbons (Fsp3) is 0.846. The lowest BCUT2D eigenvalue weighted by Crippen LogP contribution is -2.65. The van der Waals surface area contributed by atoms with E-state index in [0.717, 1.165) is 12.8 Å². The normalized spacial score (nSPS) is 27.2. The molecule has 2 aliphatic rings. The van der Waals surface area contributed by atoms with E-state index in [2.05, 4.69) is 10.1 Å². The number of hydrogen-bond acceptors (Lipinski definition) is 3. The van der Waals surface area contributed by atoms with Gasteiger partial charge in [0.15, 0.2) is 0 Å². The maximum absolute atomic E-state index is 12.4.